The first-order chi connectivity index (χ1) is 8.79. The van der Waals surface area contributed by atoms with Crippen LogP contribution in [-0.4, -0.2) is 0 Å². The van der Waals surface area contributed by atoms with E-state index in [1.807, 2.05) is 19.9 Å². The monoisotopic (exact) mass is 285 g/mol. The van der Waals surface area contributed by atoms with Crippen molar-refractivity contribution in [3.8, 4) is 0 Å². The first-order valence-electron chi connectivity index (χ1n) is 5.78. The molecule has 1 unspecified atom stereocenters. The summed E-state index contributed by atoms with van der Waals surface area (Å²) in [5.74, 6) is 0. The van der Waals surface area contributed by atoms with Crippen molar-refractivity contribution in [1.29, 1.82) is 0 Å². The number of aryl methyl sites for hydroxylation is 2. The Bertz CT molecular complexity index is 569. The number of rotatable bonds is 2. The minimum absolute atomic E-state index is 0.382. The van der Waals surface area contributed by atoms with Crippen LogP contribution in [0.25, 0.3) is 0 Å². The van der Waals surface area contributed by atoms with E-state index in [9.17, 15) is 13.2 Å². The average molecular weight is 285 g/mol. The molecule has 0 saturated heterocycles. The van der Waals surface area contributed by atoms with Crippen LogP contribution < -0.4 is 5.73 Å². The molecule has 0 spiro atoms. The Kier molecular flexibility index (Phi) is 3.69. The zero-order valence-electron chi connectivity index (χ0n) is 10.6. The van der Waals surface area contributed by atoms with E-state index in [-0.39, 0.29) is 6.04 Å². The number of halogens is 3. The third-order valence-corrected chi connectivity index (χ3v) is 3.99. The van der Waals surface area contributed by atoms with Crippen LogP contribution >= 0.6 is 11.3 Å². The molecule has 1 nitrogen and oxygen atoms in total. The van der Waals surface area contributed by atoms with Gasteiger partial charge in [0, 0.05) is 9.75 Å². The van der Waals surface area contributed by atoms with Crippen molar-refractivity contribution in [2.75, 3.05) is 0 Å². The lowest BCUT2D eigenvalue weighted by Gasteiger charge is -2.13. The first-order valence-corrected chi connectivity index (χ1v) is 6.60. The fourth-order valence-corrected chi connectivity index (χ4v) is 2.99. The smallest absolute Gasteiger partial charge is 0.320 e. The first kappa shape index (κ1) is 14.1. The Balaban J connectivity index is 2.30. The van der Waals surface area contributed by atoms with Crippen LogP contribution in [0, 0.1) is 13.8 Å². The molecule has 2 rings (SSSR count). The lowest BCUT2D eigenvalue weighted by Crippen LogP contribution is -2.13. The van der Waals surface area contributed by atoms with E-state index in [0.717, 1.165) is 27.5 Å². The van der Waals surface area contributed by atoms with Gasteiger partial charge in [0.15, 0.2) is 0 Å². The normalized spacial score (nSPS) is 13.6. The topological polar surface area (TPSA) is 26.0 Å². The van der Waals surface area contributed by atoms with Crippen LogP contribution in [-0.2, 0) is 6.18 Å². The van der Waals surface area contributed by atoms with Gasteiger partial charge < -0.3 is 5.73 Å². The molecule has 1 atom stereocenters. The molecular formula is C14H14F3NS. The van der Waals surface area contributed by atoms with Gasteiger partial charge in [-0.15, -0.1) is 11.3 Å². The van der Waals surface area contributed by atoms with Crippen LogP contribution in [0.1, 0.15) is 32.5 Å². The van der Waals surface area contributed by atoms with Gasteiger partial charge in [-0.2, -0.15) is 13.2 Å². The van der Waals surface area contributed by atoms with Crippen molar-refractivity contribution >= 4 is 11.3 Å². The van der Waals surface area contributed by atoms with E-state index < -0.39 is 11.7 Å². The van der Waals surface area contributed by atoms with Gasteiger partial charge in [-0.3, -0.25) is 0 Å². The fourth-order valence-electron chi connectivity index (χ4n) is 2.02. The number of hydrogen-bond acceptors (Lipinski definition) is 2. The van der Waals surface area contributed by atoms with Crippen LogP contribution in [0.15, 0.2) is 30.3 Å². The van der Waals surface area contributed by atoms with Crippen molar-refractivity contribution < 1.29 is 13.2 Å². The summed E-state index contributed by atoms with van der Waals surface area (Å²) in [5, 5.41) is 0. The molecule has 0 radical (unpaired) electrons. The lowest BCUT2D eigenvalue weighted by molar-refractivity contribution is -0.137. The Labute approximate surface area is 113 Å². The van der Waals surface area contributed by atoms with Gasteiger partial charge >= 0.3 is 6.18 Å². The van der Waals surface area contributed by atoms with Crippen LogP contribution in [0.5, 0.6) is 0 Å². The predicted octanol–water partition coefficient (Wildman–Crippen LogP) is 4.43. The second-order valence-electron chi connectivity index (χ2n) is 4.47. The molecule has 0 aliphatic rings. The highest BCUT2D eigenvalue weighted by Gasteiger charge is 2.30. The SMILES string of the molecule is Cc1cc(C(N)c2ccc(C(F)(F)F)cc2)c(C)s1. The van der Waals surface area contributed by atoms with E-state index in [4.69, 9.17) is 5.73 Å². The number of thiophene rings is 1. The highest BCUT2D eigenvalue weighted by Crippen LogP contribution is 2.32. The summed E-state index contributed by atoms with van der Waals surface area (Å²) >= 11 is 1.64. The number of hydrogen-bond donors (Lipinski definition) is 1. The summed E-state index contributed by atoms with van der Waals surface area (Å²) in [5.41, 5.74) is 7.13. The fraction of sp³-hybridized carbons (Fsp3) is 0.286. The second-order valence-corrected chi connectivity index (χ2v) is 5.93. The lowest BCUT2D eigenvalue weighted by atomic mass is 9.99. The molecule has 0 saturated carbocycles. The molecule has 0 aliphatic heterocycles. The predicted molar refractivity (Wildman–Crippen MR) is 71.3 cm³/mol. The quantitative estimate of drug-likeness (QED) is 0.867. The van der Waals surface area contributed by atoms with E-state index in [1.165, 1.54) is 12.1 Å². The highest BCUT2D eigenvalue weighted by molar-refractivity contribution is 7.12. The van der Waals surface area contributed by atoms with Crippen molar-refractivity contribution in [3.63, 3.8) is 0 Å². The maximum Gasteiger partial charge on any atom is 0.416 e. The molecule has 0 amide bonds. The van der Waals surface area contributed by atoms with E-state index in [2.05, 4.69) is 0 Å². The summed E-state index contributed by atoms with van der Waals surface area (Å²) in [4.78, 5) is 2.25. The Morgan fingerprint density at radius 2 is 1.68 bits per heavy atom. The van der Waals surface area contributed by atoms with E-state index in [0.29, 0.717) is 5.56 Å². The molecule has 0 fully saturated rings. The molecule has 19 heavy (non-hydrogen) atoms. The number of benzene rings is 1. The molecule has 2 N–H and O–H groups in total. The molecule has 1 heterocycles. The largest absolute Gasteiger partial charge is 0.416 e. The molecule has 1 aromatic carbocycles. The van der Waals surface area contributed by atoms with Gasteiger partial charge in [0.05, 0.1) is 11.6 Å². The highest BCUT2D eigenvalue weighted by atomic mass is 32.1. The van der Waals surface area contributed by atoms with Gasteiger partial charge in [-0.05, 0) is 43.2 Å². The second kappa shape index (κ2) is 4.98. The third-order valence-electron chi connectivity index (χ3n) is 3.01. The summed E-state index contributed by atoms with van der Waals surface area (Å²) in [6.45, 7) is 3.96. The molecular weight excluding hydrogens is 271 g/mol. The van der Waals surface area contributed by atoms with E-state index in [1.54, 1.807) is 11.3 Å². The molecule has 0 aliphatic carbocycles. The van der Waals surface area contributed by atoms with Crippen LogP contribution in [0.2, 0.25) is 0 Å². The van der Waals surface area contributed by atoms with Crippen molar-refractivity contribution in [2.45, 2.75) is 26.1 Å². The van der Waals surface area contributed by atoms with Crippen molar-refractivity contribution in [3.05, 3.63) is 56.8 Å². The number of nitrogens with two attached hydrogens (primary N) is 1. The van der Waals surface area contributed by atoms with Gasteiger partial charge in [0.2, 0.25) is 0 Å². The molecule has 2 aromatic rings. The van der Waals surface area contributed by atoms with Gasteiger partial charge in [0.1, 0.15) is 0 Å². The molecule has 5 heteroatoms. The van der Waals surface area contributed by atoms with Gasteiger partial charge in [0.25, 0.3) is 0 Å². The average Bonchev–Trinajstić information content (AvgIpc) is 2.66. The van der Waals surface area contributed by atoms with Crippen LogP contribution in [0.3, 0.4) is 0 Å². The zero-order valence-corrected chi connectivity index (χ0v) is 11.4. The number of alkyl halides is 3. The Hall–Kier alpha value is -1.33. The van der Waals surface area contributed by atoms with E-state index >= 15 is 0 Å². The Morgan fingerprint density at radius 3 is 2.11 bits per heavy atom. The Morgan fingerprint density at radius 1 is 1.11 bits per heavy atom. The summed E-state index contributed by atoms with van der Waals surface area (Å²) in [7, 11) is 0. The van der Waals surface area contributed by atoms with Gasteiger partial charge in [-0.1, -0.05) is 12.1 Å². The maximum atomic E-state index is 12.5. The minimum atomic E-state index is -4.31. The summed E-state index contributed by atoms with van der Waals surface area (Å²) in [6.07, 6.45) is -4.31. The van der Waals surface area contributed by atoms with Crippen molar-refractivity contribution in [1.82, 2.24) is 0 Å². The van der Waals surface area contributed by atoms with Gasteiger partial charge in [-0.25, -0.2) is 0 Å². The standard InChI is InChI=1S/C14H14F3NS/c1-8-7-12(9(2)19-8)13(18)10-3-5-11(6-4-10)14(15,16)17/h3-7,13H,18H2,1-2H3. The maximum absolute atomic E-state index is 12.5. The summed E-state index contributed by atoms with van der Waals surface area (Å²) < 4.78 is 37.4. The third kappa shape index (κ3) is 2.98. The summed E-state index contributed by atoms with van der Waals surface area (Å²) in [6, 6.07) is 6.64. The zero-order chi connectivity index (χ0) is 14.2. The molecule has 0 bridgehead atoms. The minimum Gasteiger partial charge on any atom is -0.320 e. The molecule has 102 valence electrons. The van der Waals surface area contributed by atoms with Crippen LogP contribution in [0.4, 0.5) is 13.2 Å². The molecule has 1 aromatic heterocycles. The van der Waals surface area contributed by atoms with Crippen molar-refractivity contribution in [2.24, 2.45) is 5.73 Å².